The van der Waals surface area contributed by atoms with Gasteiger partial charge in [-0.25, -0.2) is 4.79 Å². The summed E-state index contributed by atoms with van der Waals surface area (Å²) in [6.07, 6.45) is 3.88. The summed E-state index contributed by atoms with van der Waals surface area (Å²) in [4.78, 5) is 23.5. The number of carbonyl (C=O) groups excluding carboxylic acids is 2. The number of nitrogens with one attached hydrogen (secondary N) is 2. The van der Waals surface area contributed by atoms with Gasteiger partial charge in [0.15, 0.2) is 0 Å². The van der Waals surface area contributed by atoms with E-state index >= 15 is 0 Å². The second-order valence-electron chi connectivity index (χ2n) is 5.13. The molecule has 0 saturated carbocycles. The van der Waals surface area contributed by atoms with E-state index in [1.54, 1.807) is 36.4 Å². The van der Waals surface area contributed by atoms with Crippen LogP contribution < -0.4 is 16.4 Å². The van der Waals surface area contributed by atoms with Gasteiger partial charge in [0.25, 0.3) is 5.91 Å². The molecule has 0 radical (unpaired) electrons. The van der Waals surface area contributed by atoms with Crippen molar-refractivity contribution in [3.8, 4) is 5.69 Å². The molecule has 1 heterocycles. The van der Waals surface area contributed by atoms with Crippen LogP contribution in [0.4, 0.5) is 16.2 Å². The highest BCUT2D eigenvalue weighted by Gasteiger charge is 2.10. The highest BCUT2D eigenvalue weighted by Crippen LogP contribution is 2.16. The summed E-state index contributed by atoms with van der Waals surface area (Å²) in [6.45, 7) is 0. The SMILES string of the molecule is NC(=O)c1ccccc1NC(=O)Nc1ccc(-n2cccc2)cc1. The number of carbonyl (C=O) groups is 2. The van der Waals surface area contributed by atoms with E-state index in [1.807, 2.05) is 41.2 Å². The summed E-state index contributed by atoms with van der Waals surface area (Å²) in [6, 6.07) is 17.4. The summed E-state index contributed by atoms with van der Waals surface area (Å²) < 4.78 is 1.97. The number of anilines is 2. The maximum Gasteiger partial charge on any atom is 0.323 e. The van der Waals surface area contributed by atoms with Gasteiger partial charge in [-0.15, -0.1) is 0 Å². The Morgan fingerprint density at radius 1 is 0.833 bits per heavy atom. The van der Waals surface area contributed by atoms with E-state index in [9.17, 15) is 9.59 Å². The Morgan fingerprint density at radius 2 is 1.50 bits per heavy atom. The molecule has 2 aromatic carbocycles. The molecule has 0 aliphatic carbocycles. The number of hydrogen-bond acceptors (Lipinski definition) is 2. The molecule has 0 fully saturated rings. The first-order valence-electron chi connectivity index (χ1n) is 7.34. The number of para-hydroxylation sites is 1. The van der Waals surface area contributed by atoms with Crippen molar-refractivity contribution >= 4 is 23.3 Å². The van der Waals surface area contributed by atoms with Gasteiger partial charge in [0.1, 0.15) is 0 Å². The first-order chi connectivity index (χ1) is 11.6. The molecule has 0 saturated heterocycles. The smallest absolute Gasteiger partial charge is 0.323 e. The van der Waals surface area contributed by atoms with Crippen LogP contribution in [0.5, 0.6) is 0 Å². The standard InChI is InChI=1S/C18H16N4O2/c19-17(23)15-5-1-2-6-16(15)21-18(24)20-13-7-9-14(10-8-13)22-11-3-4-12-22/h1-12H,(H2,19,23)(H2,20,21,24). The van der Waals surface area contributed by atoms with Crippen molar-refractivity contribution < 1.29 is 9.59 Å². The van der Waals surface area contributed by atoms with Crippen molar-refractivity contribution in [1.29, 1.82) is 0 Å². The molecular formula is C18H16N4O2. The first-order valence-corrected chi connectivity index (χ1v) is 7.34. The predicted molar refractivity (Wildman–Crippen MR) is 93.4 cm³/mol. The van der Waals surface area contributed by atoms with Gasteiger partial charge in [-0.2, -0.15) is 0 Å². The van der Waals surface area contributed by atoms with Crippen molar-refractivity contribution in [2.24, 2.45) is 5.73 Å². The van der Waals surface area contributed by atoms with Gasteiger partial charge in [0.05, 0.1) is 11.3 Å². The molecule has 0 atom stereocenters. The maximum absolute atomic E-state index is 12.1. The highest BCUT2D eigenvalue weighted by atomic mass is 16.2. The largest absolute Gasteiger partial charge is 0.366 e. The van der Waals surface area contributed by atoms with Crippen LogP contribution >= 0.6 is 0 Å². The Labute approximate surface area is 138 Å². The Balaban J connectivity index is 1.68. The molecule has 6 heteroatoms. The quantitative estimate of drug-likeness (QED) is 0.689. The molecule has 4 N–H and O–H groups in total. The zero-order valence-corrected chi connectivity index (χ0v) is 12.8. The summed E-state index contributed by atoms with van der Waals surface area (Å²) >= 11 is 0. The highest BCUT2D eigenvalue weighted by molar-refractivity contribution is 6.06. The summed E-state index contributed by atoms with van der Waals surface area (Å²) in [5, 5.41) is 5.34. The van der Waals surface area contributed by atoms with Gasteiger partial charge in [0, 0.05) is 23.8 Å². The number of nitrogens with two attached hydrogens (primary N) is 1. The maximum atomic E-state index is 12.1. The normalized spacial score (nSPS) is 10.2. The molecule has 3 aromatic rings. The van der Waals surface area contributed by atoms with Gasteiger partial charge in [-0.1, -0.05) is 12.1 Å². The third kappa shape index (κ3) is 3.44. The minimum absolute atomic E-state index is 0.260. The lowest BCUT2D eigenvalue weighted by Gasteiger charge is -2.11. The zero-order valence-electron chi connectivity index (χ0n) is 12.8. The number of primary amides is 1. The number of nitrogens with zero attached hydrogens (tertiary/aromatic N) is 1. The number of urea groups is 1. The van der Waals surface area contributed by atoms with E-state index in [4.69, 9.17) is 5.73 Å². The van der Waals surface area contributed by atoms with Crippen LogP contribution in [0.15, 0.2) is 73.1 Å². The molecule has 3 rings (SSSR count). The van der Waals surface area contributed by atoms with Crippen LogP contribution in [0, 0.1) is 0 Å². The van der Waals surface area contributed by atoms with Crippen LogP contribution in [0.2, 0.25) is 0 Å². The first kappa shape index (κ1) is 15.4. The van der Waals surface area contributed by atoms with E-state index in [1.165, 1.54) is 0 Å². The molecule has 6 nitrogen and oxygen atoms in total. The van der Waals surface area contributed by atoms with Gasteiger partial charge in [-0.05, 0) is 48.5 Å². The van der Waals surface area contributed by atoms with Crippen LogP contribution in [-0.4, -0.2) is 16.5 Å². The van der Waals surface area contributed by atoms with Crippen molar-refractivity contribution in [3.05, 3.63) is 78.6 Å². The summed E-state index contributed by atoms with van der Waals surface area (Å²) in [7, 11) is 0. The molecule has 0 aliphatic rings. The van der Waals surface area contributed by atoms with Gasteiger partial charge in [-0.3, -0.25) is 4.79 Å². The summed E-state index contributed by atoms with van der Waals surface area (Å²) in [5.41, 5.74) is 7.55. The van der Waals surface area contributed by atoms with Gasteiger partial charge in [0.2, 0.25) is 0 Å². The number of hydrogen-bond donors (Lipinski definition) is 3. The molecule has 3 amide bonds. The zero-order chi connectivity index (χ0) is 16.9. The van der Waals surface area contributed by atoms with E-state index in [-0.39, 0.29) is 5.56 Å². The van der Waals surface area contributed by atoms with Gasteiger partial charge >= 0.3 is 6.03 Å². The third-order valence-corrected chi connectivity index (χ3v) is 3.47. The lowest BCUT2D eigenvalue weighted by atomic mass is 10.1. The monoisotopic (exact) mass is 320 g/mol. The van der Waals surface area contributed by atoms with E-state index < -0.39 is 11.9 Å². The van der Waals surface area contributed by atoms with Crippen LogP contribution in [-0.2, 0) is 0 Å². The topological polar surface area (TPSA) is 89.2 Å². The lowest BCUT2D eigenvalue weighted by Crippen LogP contribution is -2.22. The van der Waals surface area contributed by atoms with E-state index in [2.05, 4.69) is 10.6 Å². The molecular weight excluding hydrogens is 304 g/mol. The van der Waals surface area contributed by atoms with Crippen molar-refractivity contribution in [2.75, 3.05) is 10.6 Å². The van der Waals surface area contributed by atoms with E-state index in [0.29, 0.717) is 11.4 Å². The molecule has 0 aliphatic heterocycles. The average molecular weight is 320 g/mol. The Bertz CT molecular complexity index is 855. The minimum atomic E-state index is -0.595. The van der Waals surface area contributed by atoms with Crippen molar-refractivity contribution in [1.82, 2.24) is 4.57 Å². The van der Waals surface area contributed by atoms with Crippen molar-refractivity contribution in [3.63, 3.8) is 0 Å². The van der Waals surface area contributed by atoms with E-state index in [0.717, 1.165) is 5.69 Å². The second kappa shape index (κ2) is 6.70. The van der Waals surface area contributed by atoms with Crippen molar-refractivity contribution in [2.45, 2.75) is 0 Å². The van der Waals surface area contributed by atoms with Crippen LogP contribution in [0.3, 0.4) is 0 Å². The lowest BCUT2D eigenvalue weighted by molar-refractivity contribution is 0.100. The number of benzene rings is 2. The minimum Gasteiger partial charge on any atom is -0.366 e. The number of aromatic nitrogens is 1. The fourth-order valence-electron chi connectivity index (χ4n) is 2.32. The Hall–Kier alpha value is -3.54. The fraction of sp³-hybridized carbons (Fsp3) is 0. The third-order valence-electron chi connectivity index (χ3n) is 3.47. The molecule has 24 heavy (non-hydrogen) atoms. The Morgan fingerprint density at radius 3 is 2.17 bits per heavy atom. The van der Waals surface area contributed by atoms with Crippen LogP contribution in [0.25, 0.3) is 5.69 Å². The fourth-order valence-corrected chi connectivity index (χ4v) is 2.32. The molecule has 0 spiro atoms. The summed E-state index contributed by atoms with van der Waals surface area (Å²) in [5.74, 6) is -0.595. The predicted octanol–water partition coefficient (Wildman–Crippen LogP) is 3.22. The van der Waals surface area contributed by atoms with Crippen LogP contribution in [0.1, 0.15) is 10.4 Å². The molecule has 120 valence electrons. The molecule has 1 aromatic heterocycles. The van der Waals surface area contributed by atoms with Gasteiger partial charge < -0.3 is 20.9 Å². The number of amides is 3. The second-order valence-corrected chi connectivity index (χ2v) is 5.13. The average Bonchev–Trinajstić information content (AvgIpc) is 3.10. The number of rotatable bonds is 4. The molecule has 0 unspecified atom stereocenters. The Kier molecular flexibility index (Phi) is 4.29. The molecule has 0 bridgehead atoms.